The van der Waals surface area contributed by atoms with E-state index in [-0.39, 0.29) is 5.96 Å². The zero-order valence-corrected chi connectivity index (χ0v) is 13.3. The minimum Gasteiger partial charge on any atom is -0.370 e. The summed E-state index contributed by atoms with van der Waals surface area (Å²) in [5, 5.41) is 14.1. The summed E-state index contributed by atoms with van der Waals surface area (Å²) in [5.74, 6) is -0.0218. The van der Waals surface area contributed by atoms with Crippen molar-refractivity contribution in [1.82, 2.24) is 10.3 Å². The lowest BCUT2D eigenvalue weighted by molar-refractivity contribution is 1.28. The number of guanidine groups is 1. The summed E-state index contributed by atoms with van der Waals surface area (Å²) >= 11 is 2.71. The predicted molar refractivity (Wildman–Crippen MR) is 92.4 cm³/mol. The van der Waals surface area contributed by atoms with Crippen molar-refractivity contribution in [2.45, 2.75) is 0 Å². The van der Waals surface area contributed by atoms with Gasteiger partial charge in [0.1, 0.15) is 0 Å². The molecule has 0 aliphatic heterocycles. The summed E-state index contributed by atoms with van der Waals surface area (Å²) in [7, 11) is 0. The molecule has 0 amide bonds. The number of hydrogen-bond acceptors (Lipinski definition) is 6. The van der Waals surface area contributed by atoms with Crippen LogP contribution in [-0.2, 0) is 0 Å². The van der Waals surface area contributed by atoms with E-state index in [1.807, 2.05) is 42.1 Å². The van der Waals surface area contributed by atoms with Crippen LogP contribution in [0.4, 0.5) is 10.8 Å². The smallest absolute Gasteiger partial charge is 0.212 e. The number of benzene rings is 1. The Hall–Kier alpha value is -2.57. The molecule has 0 atom stereocenters. The second-order valence-corrected chi connectivity index (χ2v) is 5.59. The van der Waals surface area contributed by atoms with Gasteiger partial charge >= 0.3 is 0 Å². The van der Waals surface area contributed by atoms with Crippen molar-refractivity contribution in [2.24, 2.45) is 21.5 Å². The minimum absolute atomic E-state index is 0.0218. The van der Waals surface area contributed by atoms with E-state index in [0.717, 1.165) is 16.9 Å². The van der Waals surface area contributed by atoms with Gasteiger partial charge in [0, 0.05) is 10.9 Å². The van der Waals surface area contributed by atoms with E-state index in [0.29, 0.717) is 10.3 Å². The number of aliphatic imine (C=N–C) groups is 2. The molecule has 112 valence electrons. The molecule has 0 spiro atoms. The van der Waals surface area contributed by atoms with Gasteiger partial charge in [0.15, 0.2) is 17.3 Å². The van der Waals surface area contributed by atoms with Gasteiger partial charge in [-0.15, -0.1) is 11.3 Å². The zero-order chi connectivity index (χ0) is 15.9. The summed E-state index contributed by atoms with van der Waals surface area (Å²) < 4.78 is 0. The fourth-order valence-corrected chi connectivity index (χ4v) is 2.64. The third kappa shape index (κ3) is 4.21. The molecule has 1 aromatic carbocycles. The largest absolute Gasteiger partial charge is 0.370 e. The lowest BCUT2D eigenvalue weighted by Gasteiger charge is -2.01. The second-order valence-electron chi connectivity index (χ2n) is 3.96. The molecule has 7 nitrogen and oxygen atoms in total. The summed E-state index contributed by atoms with van der Waals surface area (Å²) in [6.07, 6.45) is 3.70. The van der Waals surface area contributed by atoms with E-state index in [1.54, 1.807) is 0 Å². The molecule has 0 fully saturated rings. The van der Waals surface area contributed by atoms with Gasteiger partial charge in [0.2, 0.25) is 5.13 Å². The van der Waals surface area contributed by atoms with Gasteiger partial charge < -0.3 is 11.5 Å². The average Bonchev–Trinajstić information content (AvgIpc) is 2.95. The van der Waals surface area contributed by atoms with Gasteiger partial charge in [-0.3, -0.25) is 5.32 Å². The highest BCUT2D eigenvalue weighted by atomic mass is 32.2. The third-order valence-corrected chi connectivity index (χ3v) is 3.76. The molecule has 1 aromatic heterocycles. The van der Waals surface area contributed by atoms with Crippen molar-refractivity contribution in [3.63, 3.8) is 0 Å². The molecule has 5 N–H and O–H groups in total. The highest BCUT2D eigenvalue weighted by Gasteiger charge is 2.05. The van der Waals surface area contributed by atoms with Gasteiger partial charge in [-0.25, -0.2) is 9.98 Å². The maximum atomic E-state index is 8.66. The quantitative estimate of drug-likeness (QED) is 0.342. The normalized spacial score (nSPS) is 10.8. The van der Waals surface area contributed by atoms with Crippen molar-refractivity contribution in [2.75, 3.05) is 6.26 Å². The topological polar surface area (TPSA) is 125 Å². The van der Waals surface area contributed by atoms with Gasteiger partial charge in [0.25, 0.3) is 0 Å². The number of nitrogens with two attached hydrogens (primary N) is 2. The van der Waals surface area contributed by atoms with E-state index in [1.165, 1.54) is 23.1 Å². The van der Waals surface area contributed by atoms with E-state index in [9.17, 15) is 0 Å². The Morgan fingerprint density at radius 1 is 1.41 bits per heavy atom. The molecule has 2 rings (SSSR count). The van der Waals surface area contributed by atoms with Crippen LogP contribution in [-0.4, -0.2) is 22.4 Å². The van der Waals surface area contributed by atoms with Crippen LogP contribution in [0.25, 0.3) is 11.3 Å². The lowest BCUT2D eigenvalue weighted by Crippen LogP contribution is -2.21. The Morgan fingerprint density at radius 2 is 2.23 bits per heavy atom. The number of aromatic nitrogens is 1. The van der Waals surface area contributed by atoms with E-state index < -0.39 is 0 Å². The van der Waals surface area contributed by atoms with E-state index in [2.05, 4.69) is 20.3 Å². The number of thioether (sulfide) groups is 1. The average molecular weight is 331 g/mol. The molecule has 0 bridgehead atoms. The second kappa shape index (κ2) is 7.44. The molecule has 0 aliphatic rings. The summed E-state index contributed by atoms with van der Waals surface area (Å²) in [6.45, 7) is 0. The van der Waals surface area contributed by atoms with Crippen molar-refractivity contribution in [3.05, 3.63) is 29.6 Å². The molecule has 0 saturated carbocycles. The molecule has 0 unspecified atom stereocenters. The van der Waals surface area contributed by atoms with Crippen LogP contribution in [0.1, 0.15) is 0 Å². The first-order valence-corrected chi connectivity index (χ1v) is 8.16. The predicted octanol–water partition coefficient (Wildman–Crippen LogP) is 2.14. The Kier molecular flexibility index (Phi) is 5.35. The summed E-state index contributed by atoms with van der Waals surface area (Å²) in [5.41, 5.74) is 13.1. The Bertz CT molecular complexity index is 754. The van der Waals surface area contributed by atoms with Gasteiger partial charge in [-0.2, -0.15) is 10.3 Å². The van der Waals surface area contributed by atoms with Crippen molar-refractivity contribution < 1.29 is 0 Å². The minimum atomic E-state index is -0.0218. The highest BCUT2D eigenvalue weighted by molar-refractivity contribution is 8.13. The number of amidine groups is 1. The van der Waals surface area contributed by atoms with Crippen LogP contribution < -0.4 is 16.8 Å². The van der Waals surface area contributed by atoms with Crippen molar-refractivity contribution in [1.29, 1.82) is 5.26 Å². The molecule has 22 heavy (non-hydrogen) atoms. The van der Waals surface area contributed by atoms with Crippen LogP contribution in [0.5, 0.6) is 0 Å². The van der Waals surface area contributed by atoms with Crippen molar-refractivity contribution >= 4 is 45.0 Å². The highest BCUT2D eigenvalue weighted by Crippen LogP contribution is 2.29. The maximum Gasteiger partial charge on any atom is 0.212 e. The number of hydrogen-bond donors (Lipinski definition) is 3. The molecular weight excluding hydrogens is 318 g/mol. The monoisotopic (exact) mass is 331 g/mol. The van der Waals surface area contributed by atoms with Gasteiger partial charge in [-0.1, -0.05) is 23.9 Å². The Morgan fingerprint density at radius 3 is 2.91 bits per heavy atom. The Labute approximate surface area is 135 Å². The zero-order valence-electron chi connectivity index (χ0n) is 11.6. The van der Waals surface area contributed by atoms with E-state index in [4.69, 9.17) is 16.7 Å². The summed E-state index contributed by atoms with van der Waals surface area (Å²) in [6, 6.07) is 7.52. The SMILES string of the molecule is CSC(=Nc1cccc(-c2csc(N=C(N)N)n2)c1)NC#N. The number of nitriles is 1. The standard InChI is InChI=1S/C13H13N7S2/c1-21-12(17-7-14)18-9-4-2-3-8(5-9)10-6-22-13(19-10)20-11(15)16/h2-6H,1H3,(H,17,18)(H4,15,16,19,20). The third-order valence-electron chi connectivity index (χ3n) is 2.45. The van der Waals surface area contributed by atoms with Crippen LogP contribution in [0, 0.1) is 11.5 Å². The molecule has 9 heteroatoms. The maximum absolute atomic E-state index is 8.66. The lowest BCUT2D eigenvalue weighted by atomic mass is 10.1. The first-order valence-electron chi connectivity index (χ1n) is 6.05. The number of nitrogens with zero attached hydrogens (tertiary/aromatic N) is 4. The fraction of sp³-hybridized carbons (Fsp3) is 0.0769. The molecule has 0 aliphatic carbocycles. The van der Waals surface area contributed by atoms with Crippen LogP contribution in [0.2, 0.25) is 0 Å². The summed E-state index contributed by atoms with van der Waals surface area (Å²) in [4.78, 5) is 12.6. The molecule has 2 aromatic rings. The number of nitrogens with one attached hydrogen (secondary N) is 1. The first kappa shape index (κ1) is 15.8. The Balaban J connectivity index is 2.30. The molecule has 1 heterocycles. The molecular formula is C13H13N7S2. The fourth-order valence-electron chi connectivity index (χ4n) is 1.58. The molecule has 0 radical (unpaired) electrons. The van der Waals surface area contributed by atoms with Crippen LogP contribution >= 0.6 is 23.1 Å². The van der Waals surface area contributed by atoms with Gasteiger partial charge in [0.05, 0.1) is 11.4 Å². The number of rotatable bonds is 3. The van der Waals surface area contributed by atoms with Crippen LogP contribution in [0.15, 0.2) is 39.6 Å². The van der Waals surface area contributed by atoms with Gasteiger partial charge in [-0.05, 0) is 18.4 Å². The first-order chi connectivity index (χ1) is 10.6. The molecule has 0 saturated heterocycles. The van der Waals surface area contributed by atoms with E-state index >= 15 is 0 Å². The van der Waals surface area contributed by atoms with Crippen molar-refractivity contribution in [3.8, 4) is 17.5 Å². The number of thiazole rings is 1. The van der Waals surface area contributed by atoms with Crippen LogP contribution in [0.3, 0.4) is 0 Å².